The molecule has 0 amide bonds. The Bertz CT molecular complexity index is 608. The van der Waals surface area contributed by atoms with E-state index in [2.05, 4.69) is 6.92 Å². The molecule has 2 N–H and O–H groups in total. The van der Waals surface area contributed by atoms with Crippen LogP contribution in [0.25, 0.3) is 0 Å². The van der Waals surface area contributed by atoms with E-state index >= 15 is 0 Å². The number of methoxy groups -OCH3 is 2. The summed E-state index contributed by atoms with van der Waals surface area (Å²) in [4.78, 5) is 37.1. The number of aliphatic hydroxyl groups excluding tert-OH is 1. The summed E-state index contributed by atoms with van der Waals surface area (Å²) in [6.07, 6.45) is 7.50. The van der Waals surface area contributed by atoms with Crippen molar-refractivity contribution in [3.05, 3.63) is 0 Å². The first-order valence-electron chi connectivity index (χ1n) is 11.6. The van der Waals surface area contributed by atoms with Gasteiger partial charge in [-0.2, -0.15) is 0 Å². The van der Waals surface area contributed by atoms with E-state index in [0.29, 0.717) is 6.42 Å². The first-order valence-corrected chi connectivity index (χ1v) is 11.6. The fourth-order valence-electron chi connectivity index (χ4n) is 4.40. The SMILES string of the molecule is CCCCCCCCCCCC[C@@]1(C(=O)OC)O[C@H](CO)[C@@H](OC(C)=O)[C@@]1(O)C(=O)OC. The summed E-state index contributed by atoms with van der Waals surface area (Å²) in [6.45, 7) is 2.59. The zero-order valence-corrected chi connectivity index (χ0v) is 19.9. The van der Waals surface area contributed by atoms with Gasteiger partial charge in [0.1, 0.15) is 6.10 Å². The molecule has 0 aromatic carbocycles. The zero-order valence-electron chi connectivity index (χ0n) is 19.9. The normalized spacial score (nSPS) is 27.2. The summed E-state index contributed by atoms with van der Waals surface area (Å²) in [5.74, 6) is -2.99. The fourth-order valence-corrected chi connectivity index (χ4v) is 4.40. The van der Waals surface area contributed by atoms with Gasteiger partial charge in [0.25, 0.3) is 0 Å². The predicted octanol–water partition coefficient (Wildman–Crippen LogP) is 2.44. The number of ether oxygens (including phenoxy) is 4. The molecule has 0 bridgehead atoms. The molecule has 186 valence electrons. The van der Waals surface area contributed by atoms with E-state index in [4.69, 9.17) is 18.9 Å². The Morgan fingerprint density at radius 3 is 1.81 bits per heavy atom. The van der Waals surface area contributed by atoms with Crippen LogP contribution in [0.5, 0.6) is 0 Å². The van der Waals surface area contributed by atoms with Crippen LogP contribution in [0.1, 0.15) is 84.5 Å². The lowest BCUT2D eigenvalue weighted by atomic mass is 9.76. The van der Waals surface area contributed by atoms with Gasteiger partial charge in [0.05, 0.1) is 20.8 Å². The van der Waals surface area contributed by atoms with Crippen molar-refractivity contribution >= 4 is 17.9 Å². The number of esters is 3. The lowest BCUT2D eigenvalue weighted by Gasteiger charge is -2.37. The molecule has 1 fully saturated rings. The predicted molar refractivity (Wildman–Crippen MR) is 116 cm³/mol. The Morgan fingerprint density at radius 2 is 1.38 bits per heavy atom. The Morgan fingerprint density at radius 1 is 0.875 bits per heavy atom. The molecular formula is C23H40O9. The van der Waals surface area contributed by atoms with Crippen molar-refractivity contribution in [2.45, 2.75) is 108 Å². The molecule has 0 aromatic heterocycles. The summed E-state index contributed by atoms with van der Waals surface area (Å²) in [5.41, 5.74) is -4.82. The molecule has 4 atom stereocenters. The van der Waals surface area contributed by atoms with Crippen LogP contribution in [-0.2, 0) is 33.3 Å². The third-order valence-electron chi connectivity index (χ3n) is 6.08. The molecule has 1 aliphatic rings. The lowest BCUT2D eigenvalue weighted by molar-refractivity contribution is -0.210. The van der Waals surface area contributed by atoms with Gasteiger partial charge in [-0.15, -0.1) is 0 Å². The average Bonchev–Trinajstić information content (AvgIpc) is 3.02. The van der Waals surface area contributed by atoms with Crippen molar-refractivity contribution in [3.63, 3.8) is 0 Å². The molecule has 9 heteroatoms. The van der Waals surface area contributed by atoms with Crippen LogP contribution in [0.3, 0.4) is 0 Å². The summed E-state index contributed by atoms with van der Waals surface area (Å²) >= 11 is 0. The van der Waals surface area contributed by atoms with E-state index in [9.17, 15) is 24.6 Å². The lowest BCUT2D eigenvalue weighted by Crippen LogP contribution is -2.66. The number of hydrogen-bond donors (Lipinski definition) is 2. The number of aliphatic hydroxyl groups is 2. The monoisotopic (exact) mass is 460 g/mol. The van der Waals surface area contributed by atoms with Gasteiger partial charge in [0.2, 0.25) is 11.2 Å². The fraction of sp³-hybridized carbons (Fsp3) is 0.870. The highest BCUT2D eigenvalue weighted by Crippen LogP contribution is 2.46. The largest absolute Gasteiger partial charge is 0.467 e. The Balaban J connectivity index is 2.91. The number of carbonyl (C=O) groups excluding carboxylic acids is 3. The average molecular weight is 461 g/mol. The maximum absolute atomic E-state index is 12.8. The zero-order chi connectivity index (χ0) is 24.2. The van der Waals surface area contributed by atoms with Crippen LogP contribution in [0.15, 0.2) is 0 Å². The number of unbranched alkanes of at least 4 members (excludes halogenated alkanes) is 9. The van der Waals surface area contributed by atoms with E-state index < -0.39 is 47.9 Å². The summed E-state index contributed by atoms with van der Waals surface area (Å²) in [7, 11) is 2.15. The summed E-state index contributed by atoms with van der Waals surface area (Å²) in [5, 5.41) is 21.2. The van der Waals surface area contributed by atoms with E-state index in [1.54, 1.807) is 0 Å². The van der Waals surface area contributed by atoms with Gasteiger partial charge in [0, 0.05) is 6.92 Å². The topological polar surface area (TPSA) is 129 Å². The molecule has 0 aromatic rings. The molecule has 0 spiro atoms. The maximum Gasteiger partial charge on any atom is 0.345 e. The van der Waals surface area contributed by atoms with Gasteiger partial charge in [-0.1, -0.05) is 64.7 Å². The molecular weight excluding hydrogens is 420 g/mol. The van der Waals surface area contributed by atoms with Crippen LogP contribution in [0.2, 0.25) is 0 Å². The molecule has 0 aliphatic carbocycles. The van der Waals surface area contributed by atoms with Gasteiger partial charge >= 0.3 is 17.9 Å². The highest BCUT2D eigenvalue weighted by Gasteiger charge is 2.75. The van der Waals surface area contributed by atoms with E-state index in [1.165, 1.54) is 32.1 Å². The summed E-state index contributed by atoms with van der Waals surface area (Å²) in [6, 6.07) is 0. The standard InChI is InChI=1S/C23H40O9/c1-5-6-7-8-9-10-11-12-13-14-15-22(20(26)29-3)23(28,21(27)30-4)19(31-17(2)25)18(16-24)32-22/h18-19,24,28H,5-16H2,1-4H3/t18-,19-,22+,23-/m1/s1. The molecule has 0 unspecified atom stereocenters. The van der Waals surface area contributed by atoms with Crippen LogP contribution < -0.4 is 0 Å². The van der Waals surface area contributed by atoms with Crippen LogP contribution in [0, 0.1) is 0 Å². The number of rotatable bonds is 15. The van der Waals surface area contributed by atoms with Crippen molar-refractivity contribution in [2.24, 2.45) is 0 Å². The van der Waals surface area contributed by atoms with Gasteiger partial charge in [-0.05, 0) is 12.8 Å². The number of hydrogen-bond acceptors (Lipinski definition) is 9. The minimum atomic E-state index is -2.66. The molecule has 1 rings (SSSR count). The van der Waals surface area contributed by atoms with Gasteiger partial charge in [-0.25, -0.2) is 9.59 Å². The second-order valence-electron chi connectivity index (χ2n) is 8.38. The quantitative estimate of drug-likeness (QED) is 0.215. The minimum absolute atomic E-state index is 0.0595. The van der Waals surface area contributed by atoms with Crippen molar-refractivity contribution in [1.29, 1.82) is 0 Å². The highest BCUT2D eigenvalue weighted by atomic mass is 16.7. The van der Waals surface area contributed by atoms with Crippen molar-refractivity contribution in [2.75, 3.05) is 20.8 Å². The van der Waals surface area contributed by atoms with E-state index in [0.717, 1.165) is 46.8 Å². The Hall–Kier alpha value is -1.71. The molecule has 1 aliphatic heterocycles. The van der Waals surface area contributed by atoms with Crippen LogP contribution in [0.4, 0.5) is 0 Å². The first kappa shape index (κ1) is 28.3. The maximum atomic E-state index is 12.8. The molecule has 1 heterocycles. The molecule has 0 radical (unpaired) electrons. The first-order chi connectivity index (χ1) is 15.2. The minimum Gasteiger partial charge on any atom is -0.467 e. The Kier molecular flexibility index (Phi) is 12.2. The van der Waals surface area contributed by atoms with Crippen molar-refractivity contribution in [3.8, 4) is 0 Å². The highest BCUT2D eigenvalue weighted by molar-refractivity contribution is 5.94. The summed E-state index contributed by atoms with van der Waals surface area (Å²) < 4.78 is 20.5. The van der Waals surface area contributed by atoms with Crippen LogP contribution in [-0.4, -0.2) is 72.4 Å². The van der Waals surface area contributed by atoms with Gasteiger partial charge in [0.15, 0.2) is 6.10 Å². The molecule has 9 nitrogen and oxygen atoms in total. The molecule has 1 saturated heterocycles. The molecule has 0 saturated carbocycles. The van der Waals surface area contributed by atoms with E-state index in [-0.39, 0.29) is 6.42 Å². The second kappa shape index (κ2) is 13.7. The number of carbonyl (C=O) groups is 3. The van der Waals surface area contributed by atoms with Crippen molar-refractivity contribution < 1.29 is 43.5 Å². The smallest absolute Gasteiger partial charge is 0.345 e. The third-order valence-corrected chi connectivity index (χ3v) is 6.08. The van der Waals surface area contributed by atoms with Gasteiger partial charge in [-0.3, -0.25) is 4.79 Å². The van der Waals surface area contributed by atoms with Gasteiger partial charge < -0.3 is 29.2 Å². The third kappa shape index (κ3) is 6.42. The molecule has 32 heavy (non-hydrogen) atoms. The van der Waals surface area contributed by atoms with Crippen molar-refractivity contribution in [1.82, 2.24) is 0 Å². The van der Waals surface area contributed by atoms with Crippen LogP contribution >= 0.6 is 0 Å². The second-order valence-corrected chi connectivity index (χ2v) is 8.38. The Labute approximate surface area is 190 Å². The van der Waals surface area contributed by atoms with E-state index in [1.807, 2.05) is 0 Å².